The van der Waals surface area contributed by atoms with Crippen LogP contribution in [-0.2, 0) is 0 Å². The van der Waals surface area contributed by atoms with Crippen LogP contribution in [0.1, 0.15) is 0 Å². The van der Waals surface area contributed by atoms with Crippen molar-refractivity contribution in [3.63, 3.8) is 0 Å². The van der Waals surface area contributed by atoms with E-state index in [0.717, 1.165) is 21.8 Å². The quantitative estimate of drug-likeness (QED) is 0.342. The summed E-state index contributed by atoms with van der Waals surface area (Å²) < 4.78 is 1.96. The highest BCUT2D eigenvalue weighted by atomic mass is 16.6. The molecule has 0 saturated heterocycles. The molecule has 1 aromatic heterocycles. The number of nitro groups is 1. The Hall–Kier alpha value is -3.16. The molecule has 0 aliphatic carbocycles. The molecule has 0 amide bonds. The summed E-state index contributed by atoms with van der Waals surface area (Å²) in [5, 5.41) is 32.3. The lowest BCUT2D eigenvalue weighted by molar-refractivity contribution is -0.383. The molecule has 6 nitrogen and oxygen atoms in total. The molecule has 0 radical (unpaired) electrons. The van der Waals surface area contributed by atoms with E-state index in [2.05, 4.69) is 0 Å². The van der Waals surface area contributed by atoms with Gasteiger partial charge in [-0.2, -0.15) is 0 Å². The number of nitrogens with zero attached hydrogens (tertiary/aromatic N) is 2. The molecule has 0 atom stereocenters. The summed E-state index contributed by atoms with van der Waals surface area (Å²) in [5.41, 5.74) is 2.06. The standard InChI is InChI=1S/C18H13BN2O4/c22-19(23)15-11-12(9-10-18(15)21(24)25)20-16-7-3-1-5-13(16)14-6-2-4-8-17(14)20/h1-11,22-23H. The number of hydrogen-bond donors (Lipinski definition) is 2. The maximum atomic E-state index is 11.1. The van der Waals surface area contributed by atoms with Crippen LogP contribution in [0.3, 0.4) is 0 Å². The Morgan fingerprint density at radius 1 is 0.880 bits per heavy atom. The average Bonchev–Trinajstić information content (AvgIpc) is 2.95. The van der Waals surface area contributed by atoms with Gasteiger partial charge in [-0.05, 0) is 24.3 Å². The molecule has 0 fully saturated rings. The van der Waals surface area contributed by atoms with Gasteiger partial charge in [0.15, 0.2) is 0 Å². The first-order valence-electron chi connectivity index (χ1n) is 7.71. The Labute approximate surface area is 142 Å². The van der Waals surface area contributed by atoms with Crippen molar-refractivity contribution < 1.29 is 15.0 Å². The van der Waals surface area contributed by atoms with Gasteiger partial charge in [-0.1, -0.05) is 36.4 Å². The highest BCUT2D eigenvalue weighted by Gasteiger charge is 2.25. The molecule has 0 saturated carbocycles. The molecule has 0 aliphatic heterocycles. The number of benzene rings is 3. The molecule has 2 N–H and O–H groups in total. The predicted molar refractivity (Wildman–Crippen MR) is 97.3 cm³/mol. The van der Waals surface area contributed by atoms with E-state index in [9.17, 15) is 20.2 Å². The normalized spacial score (nSPS) is 11.1. The third kappa shape index (κ3) is 2.37. The molecular weight excluding hydrogens is 319 g/mol. The van der Waals surface area contributed by atoms with Crippen molar-refractivity contribution in [3.8, 4) is 5.69 Å². The van der Waals surface area contributed by atoms with Gasteiger partial charge in [0.25, 0.3) is 5.69 Å². The van der Waals surface area contributed by atoms with E-state index in [1.165, 1.54) is 12.1 Å². The minimum Gasteiger partial charge on any atom is -0.423 e. The van der Waals surface area contributed by atoms with Crippen LogP contribution in [0.4, 0.5) is 5.69 Å². The summed E-state index contributed by atoms with van der Waals surface area (Å²) in [4.78, 5) is 10.5. The summed E-state index contributed by atoms with van der Waals surface area (Å²) in [7, 11) is -1.92. The van der Waals surface area contributed by atoms with Gasteiger partial charge >= 0.3 is 7.12 Å². The second kappa shape index (κ2) is 5.73. The van der Waals surface area contributed by atoms with Crippen molar-refractivity contribution in [3.05, 3.63) is 76.8 Å². The van der Waals surface area contributed by atoms with Gasteiger partial charge in [-0.3, -0.25) is 10.1 Å². The Morgan fingerprint density at radius 3 is 1.96 bits per heavy atom. The molecule has 0 spiro atoms. The fourth-order valence-corrected chi connectivity index (χ4v) is 3.25. The van der Waals surface area contributed by atoms with Crippen molar-refractivity contribution in [2.45, 2.75) is 0 Å². The highest BCUT2D eigenvalue weighted by Crippen LogP contribution is 2.31. The maximum Gasteiger partial charge on any atom is 0.495 e. The molecular formula is C18H13BN2O4. The summed E-state index contributed by atoms with van der Waals surface area (Å²) >= 11 is 0. The van der Waals surface area contributed by atoms with Gasteiger partial charge in [-0.15, -0.1) is 0 Å². The Bertz CT molecular complexity index is 1070. The molecule has 0 aliphatic rings. The van der Waals surface area contributed by atoms with Crippen LogP contribution in [0.2, 0.25) is 0 Å². The topological polar surface area (TPSA) is 88.5 Å². The number of para-hydroxylation sites is 2. The van der Waals surface area contributed by atoms with E-state index in [1.54, 1.807) is 6.07 Å². The minimum atomic E-state index is -1.92. The number of aromatic nitrogens is 1. The van der Waals surface area contributed by atoms with Crippen LogP contribution in [0.15, 0.2) is 66.7 Å². The third-order valence-electron chi connectivity index (χ3n) is 4.32. The number of hydrogen-bond acceptors (Lipinski definition) is 4. The third-order valence-corrected chi connectivity index (χ3v) is 4.32. The molecule has 25 heavy (non-hydrogen) atoms. The number of rotatable bonds is 3. The van der Waals surface area contributed by atoms with Crippen molar-refractivity contribution in [2.75, 3.05) is 0 Å². The zero-order chi connectivity index (χ0) is 17.6. The van der Waals surface area contributed by atoms with Crippen LogP contribution in [0.5, 0.6) is 0 Å². The fraction of sp³-hybridized carbons (Fsp3) is 0. The molecule has 122 valence electrons. The van der Waals surface area contributed by atoms with E-state index < -0.39 is 12.0 Å². The summed E-state index contributed by atoms with van der Waals surface area (Å²) in [6.45, 7) is 0. The van der Waals surface area contributed by atoms with E-state index in [1.807, 2.05) is 53.1 Å². The van der Waals surface area contributed by atoms with Crippen molar-refractivity contribution in [1.82, 2.24) is 4.57 Å². The molecule has 3 aromatic carbocycles. The van der Waals surface area contributed by atoms with Gasteiger partial charge < -0.3 is 14.6 Å². The monoisotopic (exact) mass is 332 g/mol. The molecule has 4 aromatic rings. The van der Waals surface area contributed by atoms with Gasteiger partial charge in [0.05, 0.1) is 21.4 Å². The number of nitro benzene ring substituents is 1. The summed E-state index contributed by atoms with van der Waals surface area (Å²) in [6.07, 6.45) is 0. The van der Waals surface area contributed by atoms with Crippen LogP contribution in [0.25, 0.3) is 27.5 Å². The smallest absolute Gasteiger partial charge is 0.423 e. The minimum absolute atomic E-state index is 0.135. The second-order valence-corrected chi connectivity index (χ2v) is 5.74. The summed E-state index contributed by atoms with van der Waals surface area (Å²) in [5.74, 6) is 0. The largest absolute Gasteiger partial charge is 0.495 e. The lowest BCUT2D eigenvalue weighted by Gasteiger charge is -2.10. The lowest BCUT2D eigenvalue weighted by Crippen LogP contribution is -2.32. The Kier molecular flexibility index (Phi) is 3.53. The zero-order valence-electron chi connectivity index (χ0n) is 13.0. The second-order valence-electron chi connectivity index (χ2n) is 5.74. The van der Waals surface area contributed by atoms with E-state index in [0.29, 0.717) is 5.69 Å². The molecule has 0 bridgehead atoms. The SMILES string of the molecule is O=[N+]([O-])c1ccc(-n2c3ccccc3c3ccccc32)cc1B(O)O. The molecule has 1 heterocycles. The van der Waals surface area contributed by atoms with Crippen LogP contribution < -0.4 is 5.46 Å². The Balaban J connectivity index is 2.07. The van der Waals surface area contributed by atoms with E-state index in [4.69, 9.17) is 0 Å². The van der Waals surface area contributed by atoms with E-state index in [-0.39, 0.29) is 11.2 Å². The van der Waals surface area contributed by atoms with Crippen LogP contribution in [0, 0.1) is 10.1 Å². The van der Waals surface area contributed by atoms with Crippen molar-refractivity contribution in [2.24, 2.45) is 0 Å². The first-order valence-corrected chi connectivity index (χ1v) is 7.71. The summed E-state index contributed by atoms with van der Waals surface area (Å²) in [6, 6.07) is 20.1. The van der Waals surface area contributed by atoms with Crippen LogP contribution in [-0.4, -0.2) is 26.7 Å². The zero-order valence-corrected chi connectivity index (χ0v) is 13.0. The van der Waals surface area contributed by atoms with Gasteiger partial charge in [0.2, 0.25) is 0 Å². The van der Waals surface area contributed by atoms with Gasteiger partial charge in [-0.25, -0.2) is 0 Å². The number of fused-ring (bicyclic) bond motifs is 3. The first-order chi connectivity index (χ1) is 12.1. The molecule has 7 heteroatoms. The fourth-order valence-electron chi connectivity index (χ4n) is 3.25. The average molecular weight is 332 g/mol. The first kappa shape index (κ1) is 15.4. The molecule has 0 unspecified atom stereocenters. The van der Waals surface area contributed by atoms with E-state index >= 15 is 0 Å². The van der Waals surface area contributed by atoms with Crippen molar-refractivity contribution >= 4 is 40.1 Å². The Morgan fingerprint density at radius 2 is 1.44 bits per heavy atom. The maximum absolute atomic E-state index is 11.1. The lowest BCUT2D eigenvalue weighted by atomic mass is 9.78. The van der Waals surface area contributed by atoms with Gasteiger partial charge in [0.1, 0.15) is 0 Å². The van der Waals surface area contributed by atoms with Crippen molar-refractivity contribution in [1.29, 1.82) is 0 Å². The predicted octanol–water partition coefficient (Wildman–Crippen LogP) is 2.37. The molecule has 4 rings (SSSR count). The van der Waals surface area contributed by atoms with Gasteiger partial charge in [0, 0.05) is 22.5 Å². The van der Waals surface area contributed by atoms with Crippen LogP contribution >= 0.6 is 0 Å². The highest BCUT2D eigenvalue weighted by molar-refractivity contribution is 6.60.